The maximum Gasteiger partial charge on any atom is 0.119 e. The first-order chi connectivity index (χ1) is 9.36. The lowest BCUT2D eigenvalue weighted by atomic mass is 10.1. The van der Waals surface area contributed by atoms with Crippen LogP contribution in [-0.2, 0) is 0 Å². The first-order valence-electron chi connectivity index (χ1n) is 7.58. The Morgan fingerprint density at radius 3 is 2.74 bits per heavy atom. The maximum atomic E-state index is 5.51. The SMILES string of the molecule is CCOc1ccc(N2CCCNC(C3CC3)C2)cc1. The number of hydrogen-bond acceptors (Lipinski definition) is 3. The molecule has 1 aromatic rings. The fourth-order valence-corrected chi connectivity index (χ4v) is 2.92. The van der Waals surface area contributed by atoms with Crippen molar-refractivity contribution in [2.24, 2.45) is 5.92 Å². The first kappa shape index (κ1) is 12.8. The molecule has 19 heavy (non-hydrogen) atoms. The van der Waals surface area contributed by atoms with Crippen LogP contribution < -0.4 is 15.0 Å². The topological polar surface area (TPSA) is 24.5 Å². The molecule has 1 saturated carbocycles. The molecule has 0 spiro atoms. The zero-order valence-corrected chi connectivity index (χ0v) is 11.8. The molecule has 1 atom stereocenters. The Bertz CT molecular complexity index is 400. The summed E-state index contributed by atoms with van der Waals surface area (Å²) in [5, 5.41) is 3.71. The quantitative estimate of drug-likeness (QED) is 0.901. The smallest absolute Gasteiger partial charge is 0.119 e. The molecule has 1 aromatic carbocycles. The maximum absolute atomic E-state index is 5.51. The molecule has 1 unspecified atom stereocenters. The van der Waals surface area contributed by atoms with Gasteiger partial charge in [0.1, 0.15) is 5.75 Å². The summed E-state index contributed by atoms with van der Waals surface area (Å²) in [6.45, 7) is 6.23. The lowest BCUT2D eigenvalue weighted by molar-refractivity contribution is 0.340. The summed E-state index contributed by atoms with van der Waals surface area (Å²) in [6, 6.07) is 9.25. The van der Waals surface area contributed by atoms with Gasteiger partial charge in [-0.2, -0.15) is 0 Å². The monoisotopic (exact) mass is 260 g/mol. The molecule has 0 amide bonds. The van der Waals surface area contributed by atoms with Crippen LogP contribution in [-0.4, -0.2) is 32.3 Å². The van der Waals surface area contributed by atoms with Crippen LogP contribution in [0.4, 0.5) is 5.69 Å². The Balaban J connectivity index is 1.68. The van der Waals surface area contributed by atoms with Crippen LogP contribution >= 0.6 is 0 Å². The molecule has 104 valence electrons. The zero-order chi connectivity index (χ0) is 13.1. The number of nitrogens with one attached hydrogen (secondary N) is 1. The van der Waals surface area contributed by atoms with Gasteiger partial charge in [-0.25, -0.2) is 0 Å². The van der Waals surface area contributed by atoms with Gasteiger partial charge in [0, 0.05) is 24.8 Å². The molecule has 0 bridgehead atoms. The van der Waals surface area contributed by atoms with Gasteiger partial charge in [-0.05, 0) is 62.9 Å². The van der Waals surface area contributed by atoms with E-state index in [0.29, 0.717) is 6.04 Å². The van der Waals surface area contributed by atoms with E-state index in [1.54, 1.807) is 0 Å². The average molecular weight is 260 g/mol. The first-order valence-corrected chi connectivity index (χ1v) is 7.58. The molecule has 1 N–H and O–H groups in total. The summed E-state index contributed by atoms with van der Waals surface area (Å²) in [7, 11) is 0. The average Bonchev–Trinajstić information content (AvgIpc) is 3.26. The minimum Gasteiger partial charge on any atom is -0.494 e. The number of nitrogens with zero attached hydrogens (tertiary/aromatic N) is 1. The van der Waals surface area contributed by atoms with Crippen molar-refractivity contribution in [1.82, 2.24) is 5.32 Å². The van der Waals surface area contributed by atoms with E-state index in [9.17, 15) is 0 Å². The summed E-state index contributed by atoms with van der Waals surface area (Å²) in [5.74, 6) is 1.89. The van der Waals surface area contributed by atoms with Gasteiger partial charge in [-0.15, -0.1) is 0 Å². The van der Waals surface area contributed by atoms with Gasteiger partial charge in [0.2, 0.25) is 0 Å². The van der Waals surface area contributed by atoms with Crippen molar-refractivity contribution in [2.75, 3.05) is 31.1 Å². The predicted molar refractivity (Wildman–Crippen MR) is 79.0 cm³/mol. The van der Waals surface area contributed by atoms with E-state index in [1.807, 2.05) is 6.92 Å². The number of hydrogen-bond donors (Lipinski definition) is 1. The second-order valence-corrected chi connectivity index (χ2v) is 5.62. The predicted octanol–water partition coefficient (Wildman–Crippen LogP) is 2.66. The Morgan fingerprint density at radius 2 is 2.05 bits per heavy atom. The van der Waals surface area contributed by atoms with E-state index in [4.69, 9.17) is 4.74 Å². The third kappa shape index (κ3) is 3.21. The molecule has 0 radical (unpaired) electrons. The molecule has 3 nitrogen and oxygen atoms in total. The van der Waals surface area contributed by atoms with E-state index in [1.165, 1.54) is 24.9 Å². The Kier molecular flexibility index (Phi) is 3.92. The van der Waals surface area contributed by atoms with Crippen molar-refractivity contribution in [2.45, 2.75) is 32.2 Å². The number of anilines is 1. The summed E-state index contributed by atoms with van der Waals surface area (Å²) >= 11 is 0. The van der Waals surface area contributed by atoms with Crippen molar-refractivity contribution in [1.29, 1.82) is 0 Å². The minimum atomic E-state index is 0.689. The molecular formula is C16H24N2O. The van der Waals surface area contributed by atoms with E-state index in [-0.39, 0.29) is 0 Å². The van der Waals surface area contributed by atoms with Gasteiger partial charge in [-0.3, -0.25) is 0 Å². The van der Waals surface area contributed by atoms with Crippen molar-refractivity contribution in [3.8, 4) is 5.75 Å². The summed E-state index contributed by atoms with van der Waals surface area (Å²) < 4.78 is 5.51. The third-order valence-corrected chi connectivity index (χ3v) is 4.13. The van der Waals surface area contributed by atoms with Crippen LogP contribution in [0.3, 0.4) is 0 Å². The summed E-state index contributed by atoms with van der Waals surface area (Å²) in [4.78, 5) is 2.53. The zero-order valence-electron chi connectivity index (χ0n) is 11.8. The molecular weight excluding hydrogens is 236 g/mol. The molecule has 3 heteroatoms. The van der Waals surface area contributed by atoms with Gasteiger partial charge in [0.25, 0.3) is 0 Å². The van der Waals surface area contributed by atoms with Crippen molar-refractivity contribution < 1.29 is 4.74 Å². The summed E-state index contributed by atoms with van der Waals surface area (Å²) in [6.07, 6.45) is 4.06. The molecule has 2 fully saturated rings. The third-order valence-electron chi connectivity index (χ3n) is 4.13. The van der Waals surface area contributed by atoms with Crippen molar-refractivity contribution in [3.63, 3.8) is 0 Å². The summed E-state index contributed by atoms with van der Waals surface area (Å²) in [5.41, 5.74) is 1.33. The molecule has 0 aromatic heterocycles. The Labute approximate surface area is 115 Å². The van der Waals surface area contributed by atoms with Crippen molar-refractivity contribution in [3.05, 3.63) is 24.3 Å². The lowest BCUT2D eigenvalue weighted by Crippen LogP contribution is -2.39. The second kappa shape index (κ2) is 5.83. The van der Waals surface area contributed by atoms with E-state index >= 15 is 0 Å². The Morgan fingerprint density at radius 1 is 1.26 bits per heavy atom. The van der Waals surface area contributed by atoms with Gasteiger partial charge in [0.05, 0.1) is 6.61 Å². The second-order valence-electron chi connectivity index (χ2n) is 5.62. The minimum absolute atomic E-state index is 0.689. The molecule has 1 heterocycles. The van der Waals surface area contributed by atoms with Crippen molar-refractivity contribution >= 4 is 5.69 Å². The molecule has 1 saturated heterocycles. The van der Waals surface area contributed by atoms with E-state index < -0.39 is 0 Å². The largest absolute Gasteiger partial charge is 0.494 e. The molecule has 1 aliphatic carbocycles. The Hall–Kier alpha value is -1.22. The number of benzene rings is 1. The van der Waals surface area contributed by atoms with Crippen LogP contribution in [0.15, 0.2) is 24.3 Å². The highest BCUT2D eigenvalue weighted by atomic mass is 16.5. The van der Waals surface area contributed by atoms with Crippen LogP contribution in [0.1, 0.15) is 26.2 Å². The highest BCUT2D eigenvalue weighted by Crippen LogP contribution is 2.34. The fraction of sp³-hybridized carbons (Fsp3) is 0.625. The van der Waals surface area contributed by atoms with Crippen LogP contribution in [0, 0.1) is 5.92 Å². The van der Waals surface area contributed by atoms with Crippen LogP contribution in [0.5, 0.6) is 5.75 Å². The highest BCUT2D eigenvalue weighted by molar-refractivity contribution is 5.49. The fourth-order valence-electron chi connectivity index (χ4n) is 2.92. The van der Waals surface area contributed by atoms with Gasteiger partial charge >= 0.3 is 0 Å². The van der Waals surface area contributed by atoms with Crippen LogP contribution in [0.25, 0.3) is 0 Å². The highest BCUT2D eigenvalue weighted by Gasteiger charge is 2.33. The lowest BCUT2D eigenvalue weighted by Gasteiger charge is -2.26. The van der Waals surface area contributed by atoms with Crippen LogP contribution in [0.2, 0.25) is 0 Å². The van der Waals surface area contributed by atoms with E-state index in [2.05, 4.69) is 34.5 Å². The standard InChI is InChI=1S/C16H24N2O/c1-2-19-15-8-6-14(7-9-15)18-11-3-10-17-16(12-18)13-4-5-13/h6-9,13,16-17H,2-5,10-12H2,1H3. The normalized spacial score (nSPS) is 24.1. The molecule has 1 aliphatic heterocycles. The molecule has 2 aliphatic rings. The number of rotatable bonds is 4. The van der Waals surface area contributed by atoms with Gasteiger partial charge in [0.15, 0.2) is 0 Å². The van der Waals surface area contributed by atoms with Gasteiger partial charge in [-0.1, -0.05) is 0 Å². The van der Waals surface area contributed by atoms with Gasteiger partial charge < -0.3 is 15.0 Å². The molecule has 3 rings (SSSR count). The number of ether oxygens (including phenoxy) is 1. The van der Waals surface area contributed by atoms with E-state index in [0.717, 1.165) is 37.9 Å².